The summed E-state index contributed by atoms with van der Waals surface area (Å²) in [6.45, 7) is 0. The van der Waals surface area contributed by atoms with Crippen molar-refractivity contribution in [2.45, 2.75) is 4.90 Å². The van der Waals surface area contributed by atoms with Gasteiger partial charge in [-0.3, -0.25) is 4.79 Å². The van der Waals surface area contributed by atoms with Gasteiger partial charge in [-0.15, -0.1) is 11.3 Å². The number of nitrogens with zero attached hydrogens (tertiary/aromatic N) is 1. The summed E-state index contributed by atoms with van der Waals surface area (Å²) in [6, 6.07) is 9.43. The lowest BCUT2D eigenvalue weighted by Crippen LogP contribution is -2.12. The molecule has 0 bridgehead atoms. The van der Waals surface area contributed by atoms with Crippen LogP contribution >= 0.6 is 22.0 Å². The van der Waals surface area contributed by atoms with Crippen molar-refractivity contribution in [1.82, 2.24) is 0 Å². The first-order valence-corrected chi connectivity index (χ1v) is 8.44. The van der Waals surface area contributed by atoms with Crippen LogP contribution in [0.3, 0.4) is 0 Å². The summed E-state index contributed by atoms with van der Waals surface area (Å²) in [6.07, 6.45) is 0. The van der Waals surface area contributed by atoms with Crippen LogP contribution in [0, 0.1) is 11.3 Å². The number of hydrogen-bond donors (Lipinski definition) is 1. The Morgan fingerprint density at radius 3 is 2.45 bits per heavy atom. The third-order valence-corrected chi connectivity index (χ3v) is 4.78. The van der Waals surface area contributed by atoms with E-state index in [1.54, 1.807) is 24.3 Å². The standard InChI is InChI=1S/C12H7ClN2O3S2/c13-20(17,18)10-5-6-19-11(10)12(16)15-9-3-1-8(7-14)2-4-9/h1-6H,(H,15,16). The van der Waals surface area contributed by atoms with Crippen LogP contribution in [0.5, 0.6) is 0 Å². The second-order valence-corrected chi connectivity index (χ2v) is 7.15. The molecular weight excluding hydrogens is 320 g/mol. The van der Waals surface area contributed by atoms with Crippen molar-refractivity contribution in [3.8, 4) is 6.07 Å². The number of amides is 1. The van der Waals surface area contributed by atoms with Gasteiger partial charge in [-0.05, 0) is 35.7 Å². The van der Waals surface area contributed by atoms with Crippen LogP contribution in [0.25, 0.3) is 0 Å². The van der Waals surface area contributed by atoms with Crippen LogP contribution in [-0.4, -0.2) is 14.3 Å². The molecule has 5 nitrogen and oxygen atoms in total. The average molecular weight is 327 g/mol. The minimum absolute atomic E-state index is 0.0179. The van der Waals surface area contributed by atoms with Crippen molar-refractivity contribution in [2.75, 3.05) is 5.32 Å². The lowest BCUT2D eigenvalue weighted by Gasteiger charge is -2.04. The van der Waals surface area contributed by atoms with E-state index in [9.17, 15) is 13.2 Å². The number of carbonyl (C=O) groups excluding carboxylic acids is 1. The highest BCUT2D eigenvalue weighted by Gasteiger charge is 2.22. The molecule has 1 heterocycles. The van der Waals surface area contributed by atoms with Gasteiger partial charge in [-0.25, -0.2) is 8.42 Å². The number of carbonyl (C=O) groups is 1. The predicted octanol–water partition coefficient (Wildman–Crippen LogP) is 2.80. The van der Waals surface area contributed by atoms with Crippen LogP contribution in [0.1, 0.15) is 15.2 Å². The van der Waals surface area contributed by atoms with Crippen LogP contribution in [0.4, 0.5) is 5.69 Å². The fraction of sp³-hybridized carbons (Fsp3) is 0. The Labute approximate surface area is 123 Å². The zero-order valence-electron chi connectivity index (χ0n) is 9.83. The van der Waals surface area contributed by atoms with E-state index < -0.39 is 15.0 Å². The number of nitriles is 1. The molecule has 20 heavy (non-hydrogen) atoms. The molecule has 1 N–H and O–H groups in total. The van der Waals surface area contributed by atoms with Gasteiger partial charge in [0.25, 0.3) is 15.0 Å². The van der Waals surface area contributed by atoms with Crippen LogP contribution < -0.4 is 5.32 Å². The quantitative estimate of drug-likeness (QED) is 0.878. The van der Waals surface area contributed by atoms with E-state index in [2.05, 4.69) is 5.32 Å². The first kappa shape index (κ1) is 14.5. The summed E-state index contributed by atoms with van der Waals surface area (Å²) in [5, 5.41) is 12.7. The van der Waals surface area contributed by atoms with Crippen molar-refractivity contribution in [2.24, 2.45) is 0 Å². The van der Waals surface area contributed by atoms with E-state index in [4.69, 9.17) is 15.9 Å². The normalized spacial score (nSPS) is 10.8. The monoisotopic (exact) mass is 326 g/mol. The van der Waals surface area contributed by atoms with Gasteiger partial charge in [0.2, 0.25) is 0 Å². The minimum atomic E-state index is -3.96. The van der Waals surface area contributed by atoms with E-state index in [0.29, 0.717) is 11.3 Å². The van der Waals surface area contributed by atoms with Gasteiger partial charge in [0.15, 0.2) is 0 Å². The molecule has 2 aromatic rings. The summed E-state index contributed by atoms with van der Waals surface area (Å²) >= 11 is 0.983. The smallest absolute Gasteiger partial charge is 0.267 e. The highest BCUT2D eigenvalue weighted by molar-refractivity contribution is 8.13. The van der Waals surface area contributed by atoms with Gasteiger partial charge in [0.1, 0.15) is 9.77 Å². The van der Waals surface area contributed by atoms with E-state index in [1.165, 1.54) is 11.4 Å². The second-order valence-electron chi connectivity index (χ2n) is 3.70. The van der Waals surface area contributed by atoms with E-state index in [-0.39, 0.29) is 9.77 Å². The van der Waals surface area contributed by atoms with Crippen molar-refractivity contribution in [3.63, 3.8) is 0 Å². The van der Waals surface area contributed by atoms with E-state index in [0.717, 1.165) is 11.3 Å². The molecule has 0 radical (unpaired) electrons. The third-order valence-electron chi connectivity index (χ3n) is 2.37. The maximum atomic E-state index is 12.0. The molecule has 0 fully saturated rings. The number of halogens is 1. The van der Waals surface area contributed by atoms with Crippen LogP contribution in [-0.2, 0) is 9.05 Å². The Bertz CT molecular complexity index is 789. The van der Waals surface area contributed by atoms with Crippen molar-refractivity contribution < 1.29 is 13.2 Å². The molecule has 0 aliphatic rings. The lowest BCUT2D eigenvalue weighted by molar-refractivity contribution is 0.102. The summed E-state index contributed by atoms with van der Waals surface area (Å²) in [5.41, 5.74) is 0.920. The highest BCUT2D eigenvalue weighted by atomic mass is 35.7. The molecule has 0 unspecified atom stereocenters. The number of rotatable bonds is 3. The Morgan fingerprint density at radius 1 is 1.25 bits per heavy atom. The summed E-state index contributed by atoms with van der Waals surface area (Å²) in [4.78, 5) is 11.8. The second kappa shape index (κ2) is 5.63. The number of hydrogen-bond acceptors (Lipinski definition) is 5. The maximum Gasteiger partial charge on any atom is 0.267 e. The van der Waals surface area contributed by atoms with Crippen LogP contribution in [0.2, 0.25) is 0 Å². The highest BCUT2D eigenvalue weighted by Crippen LogP contribution is 2.26. The van der Waals surface area contributed by atoms with Gasteiger partial charge in [-0.2, -0.15) is 5.26 Å². The van der Waals surface area contributed by atoms with Gasteiger partial charge >= 0.3 is 0 Å². The molecule has 0 spiro atoms. The maximum absolute atomic E-state index is 12.0. The number of benzene rings is 1. The molecule has 0 saturated carbocycles. The minimum Gasteiger partial charge on any atom is -0.321 e. The van der Waals surface area contributed by atoms with Gasteiger partial charge in [0, 0.05) is 16.4 Å². The molecule has 0 atom stereocenters. The zero-order chi connectivity index (χ0) is 14.8. The fourth-order valence-corrected chi connectivity index (χ4v) is 3.78. The average Bonchev–Trinajstić information content (AvgIpc) is 2.89. The Kier molecular flexibility index (Phi) is 4.09. The largest absolute Gasteiger partial charge is 0.321 e. The third kappa shape index (κ3) is 3.17. The molecule has 1 amide bonds. The summed E-state index contributed by atoms with van der Waals surface area (Å²) < 4.78 is 22.6. The predicted molar refractivity (Wildman–Crippen MR) is 76.5 cm³/mol. The molecule has 0 aliphatic carbocycles. The molecule has 0 saturated heterocycles. The topological polar surface area (TPSA) is 87.0 Å². The Balaban J connectivity index is 2.25. The summed E-state index contributed by atoms with van der Waals surface area (Å²) in [5.74, 6) is -0.566. The molecule has 1 aromatic heterocycles. The Hall–Kier alpha value is -1.88. The Morgan fingerprint density at radius 2 is 1.90 bits per heavy atom. The van der Waals surface area contributed by atoms with Crippen LogP contribution in [0.15, 0.2) is 40.6 Å². The SMILES string of the molecule is N#Cc1ccc(NC(=O)c2sccc2S(=O)(=O)Cl)cc1. The van der Waals surface area contributed by atoms with Crippen molar-refractivity contribution in [3.05, 3.63) is 46.2 Å². The summed E-state index contributed by atoms with van der Waals surface area (Å²) in [7, 11) is 1.30. The van der Waals surface area contributed by atoms with E-state index in [1.807, 2.05) is 6.07 Å². The van der Waals surface area contributed by atoms with Gasteiger partial charge < -0.3 is 5.32 Å². The molecule has 0 aliphatic heterocycles. The molecule has 2 rings (SSSR count). The first-order chi connectivity index (χ1) is 9.41. The van der Waals surface area contributed by atoms with Crippen molar-refractivity contribution in [1.29, 1.82) is 5.26 Å². The van der Waals surface area contributed by atoms with Gasteiger partial charge in [0.05, 0.1) is 11.6 Å². The molecular formula is C12H7ClN2O3S2. The zero-order valence-corrected chi connectivity index (χ0v) is 12.2. The lowest BCUT2D eigenvalue weighted by atomic mass is 10.2. The first-order valence-electron chi connectivity index (χ1n) is 5.25. The van der Waals surface area contributed by atoms with Crippen molar-refractivity contribution >= 4 is 42.7 Å². The van der Waals surface area contributed by atoms with E-state index >= 15 is 0 Å². The fourth-order valence-electron chi connectivity index (χ4n) is 1.47. The molecule has 1 aromatic carbocycles. The number of thiophene rings is 1. The molecule has 102 valence electrons. The number of anilines is 1. The number of nitrogens with one attached hydrogen (secondary N) is 1. The molecule has 8 heteroatoms. The van der Waals surface area contributed by atoms with Gasteiger partial charge in [-0.1, -0.05) is 0 Å².